The molecule has 1 aliphatic carbocycles. The van der Waals surface area contributed by atoms with Gasteiger partial charge in [-0.2, -0.15) is 5.10 Å². The van der Waals surface area contributed by atoms with Gasteiger partial charge >= 0.3 is 0 Å². The summed E-state index contributed by atoms with van der Waals surface area (Å²) in [7, 11) is 3.74. The Balaban J connectivity index is 2.13. The molecular weight excluding hydrogens is 254 g/mol. The monoisotopic (exact) mass is 277 g/mol. The van der Waals surface area contributed by atoms with E-state index in [9.17, 15) is 0 Å². The van der Waals surface area contributed by atoms with E-state index in [4.69, 9.17) is 10.5 Å². The number of aryl methyl sites for hydroxylation is 2. The smallest absolute Gasteiger partial charge is 0.202 e. The van der Waals surface area contributed by atoms with E-state index in [-0.39, 0.29) is 12.1 Å². The number of fused-ring (bicyclic) bond motifs is 1. The van der Waals surface area contributed by atoms with Gasteiger partial charge in [0.1, 0.15) is 5.52 Å². The van der Waals surface area contributed by atoms with Gasteiger partial charge < -0.3 is 10.5 Å². The van der Waals surface area contributed by atoms with Crippen molar-refractivity contribution in [2.75, 3.05) is 12.8 Å². The number of nitrogens with zero attached hydrogens (tertiary/aromatic N) is 4. The molecule has 2 atom stereocenters. The summed E-state index contributed by atoms with van der Waals surface area (Å²) in [5.74, 6) is 0.583. The summed E-state index contributed by atoms with van der Waals surface area (Å²) < 4.78 is 9.65. The van der Waals surface area contributed by atoms with Crippen LogP contribution in [0.2, 0.25) is 0 Å². The third kappa shape index (κ3) is 1.90. The van der Waals surface area contributed by atoms with Gasteiger partial charge in [-0.3, -0.25) is 9.25 Å². The van der Waals surface area contributed by atoms with E-state index in [2.05, 4.69) is 21.6 Å². The zero-order valence-electron chi connectivity index (χ0n) is 12.5. The van der Waals surface area contributed by atoms with Crippen molar-refractivity contribution in [3.63, 3.8) is 0 Å². The van der Waals surface area contributed by atoms with Crippen molar-refractivity contribution in [3.8, 4) is 0 Å². The number of imidazole rings is 1. The first-order valence-electron chi connectivity index (χ1n) is 7.39. The van der Waals surface area contributed by atoms with Gasteiger partial charge in [-0.15, -0.1) is 0 Å². The fourth-order valence-electron chi connectivity index (χ4n) is 3.43. The number of nitrogen functional groups attached to an aromatic ring is 1. The minimum atomic E-state index is 0.222. The summed E-state index contributed by atoms with van der Waals surface area (Å²) >= 11 is 0. The summed E-state index contributed by atoms with van der Waals surface area (Å²) in [5, 5.41) is 4.60. The molecule has 2 unspecified atom stereocenters. The molecule has 1 aliphatic rings. The van der Waals surface area contributed by atoms with Crippen LogP contribution in [0, 0.1) is 0 Å². The topological polar surface area (TPSA) is 70.9 Å². The Morgan fingerprint density at radius 2 is 2.20 bits per heavy atom. The first kappa shape index (κ1) is 13.4. The maximum absolute atomic E-state index is 6.18. The normalized spacial score (nSPS) is 22.9. The average Bonchev–Trinajstić information content (AvgIpc) is 3.07. The molecular formula is C14H23N5O. The third-order valence-electron chi connectivity index (χ3n) is 4.30. The third-order valence-corrected chi connectivity index (χ3v) is 4.30. The second kappa shape index (κ2) is 5.09. The van der Waals surface area contributed by atoms with Crippen LogP contribution in [0.3, 0.4) is 0 Å². The van der Waals surface area contributed by atoms with E-state index in [1.807, 2.05) is 11.7 Å². The molecule has 0 radical (unpaired) electrons. The molecule has 2 aromatic heterocycles. The Labute approximate surface area is 118 Å². The Bertz CT molecular complexity index is 615. The quantitative estimate of drug-likeness (QED) is 0.928. The highest BCUT2D eigenvalue weighted by molar-refractivity contribution is 5.78. The number of aromatic nitrogens is 4. The Morgan fingerprint density at radius 3 is 2.90 bits per heavy atom. The molecule has 1 saturated carbocycles. The van der Waals surface area contributed by atoms with Gasteiger partial charge in [0.2, 0.25) is 5.95 Å². The van der Waals surface area contributed by atoms with Crippen molar-refractivity contribution >= 4 is 17.1 Å². The van der Waals surface area contributed by atoms with Crippen LogP contribution in [0.15, 0.2) is 0 Å². The Kier molecular flexibility index (Phi) is 3.41. The predicted molar refractivity (Wildman–Crippen MR) is 78.6 cm³/mol. The summed E-state index contributed by atoms with van der Waals surface area (Å²) in [5.41, 5.74) is 9.21. The lowest BCUT2D eigenvalue weighted by molar-refractivity contribution is 0.0765. The number of nitrogens with two attached hydrogens (primary N) is 1. The van der Waals surface area contributed by atoms with Crippen molar-refractivity contribution in [2.24, 2.45) is 7.05 Å². The molecule has 0 aliphatic heterocycles. The summed E-state index contributed by atoms with van der Waals surface area (Å²) in [6.45, 7) is 2.15. The number of anilines is 1. The molecule has 0 saturated heterocycles. The van der Waals surface area contributed by atoms with Crippen molar-refractivity contribution in [1.29, 1.82) is 0 Å². The van der Waals surface area contributed by atoms with E-state index in [1.54, 1.807) is 7.11 Å². The summed E-state index contributed by atoms with van der Waals surface area (Å²) in [6, 6.07) is 0.273. The van der Waals surface area contributed by atoms with E-state index in [0.717, 1.165) is 42.5 Å². The van der Waals surface area contributed by atoms with Crippen molar-refractivity contribution in [2.45, 2.75) is 51.2 Å². The van der Waals surface area contributed by atoms with Crippen molar-refractivity contribution < 1.29 is 4.74 Å². The maximum Gasteiger partial charge on any atom is 0.202 e. The van der Waals surface area contributed by atoms with E-state index in [1.165, 1.54) is 6.42 Å². The van der Waals surface area contributed by atoms with Crippen LogP contribution < -0.4 is 5.73 Å². The van der Waals surface area contributed by atoms with Crippen molar-refractivity contribution in [3.05, 3.63) is 5.69 Å². The minimum absolute atomic E-state index is 0.222. The van der Waals surface area contributed by atoms with Crippen LogP contribution in [0.1, 0.15) is 44.3 Å². The number of rotatable bonds is 4. The molecule has 0 aromatic carbocycles. The van der Waals surface area contributed by atoms with Crippen LogP contribution in [-0.2, 0) is 18.2 Å². The highest BCUT2D eigenvalue weighted by Crippen LogP contribution is 2.36. The summed E-state index contributed by atoms with van der Waals surface area (Å²) in [6.07, 6.45) is 5.55. The lowest BCUT2D eigenvalue weighted by Crippen LogP contribution is -2.22. The second-order valence-electron chi connectivity index (χ2n) is 5.60. The molecule has 110 valence electrons. The molecule has 3 rings (SSSR count). The van der Waals surface area contributed by atoms with Gasteiger partial charge in [-0.1, -0.05) is 13.3 Å². The Morgan fingerprint density at radius 1 is 1.40 bits per heavy atom. The summed E-state index contributed by atoms with van der Waals surface area (Å²) in [4.78, 5) is 4.57. The fourth-order valence-corrected chi connectivity index (χ4v) is 3.43. The molecule has 0 bridgehead atoms. The van der Waals surface area contributed by atoms with Gasteiger partial charge in [0.05, 0.1) is 17.8 Å². The number of methoxy groups -OCH3 is 1. The van der Waals surface area contributed by atoms with Crippen LogP contribution in [0.5, 0.6) is 0 Å². The highest BCUT2D eigenvalue weighted by atomic mass is 16.5. The molecule has 1 fully saturated rings. The van der Waals surface area contributed by atoms with E-state index >= 15 is 0 Å². The molecule has 2 aromatic rings. The first-order chi connectivity index (χ1) is 9.67. The van der Waals surface area contributed by atoms with Crippen LogP contribution in [0.4, 0.5) is 5.95 Å². The van der Waals surface area contributed by atoms with Crippen LogP contribution in [-0.4, -0.2) is 32.5 Å². The van der Waals surface area contributed by atoms with Gasteiger partial charge in [0, 0.05) is 14.2 Å². The van der Waals surface area contributed by atoms with Gasteiger partial charge in [-0.25, -0.2) is 4.98 Å². The average molecular weight is 277 g/mol. The van der Waals surface area contributed by atoms with E-state index in [0.29, 0.717) is 5.95 Å². The number of ether oxygens (including phenoxy) is 1. The standard InChI is InChI=1S/C14H23N5O/c1-4-6-9-12-13(18(2)17-9)19(14(15)16-12)10-7-5-8-11(10)20-3/h10-11H,4-8H2,1-3H3,(H2,15,16). The second-order valence-corrected chi connectivity index (χ2v) is 5.60. The molecule has 6 nitrogen and oxygen atoms in total. The zero-order valence-corrected chi connectivity index (χ0v) is 12.5. The molecule has 0 spiro atoms. The van der Waals surface area contributed by atoms with Crippen molar-refractivity contribution in [1.82, 2.24) is 19.3 Å². The molecule has 6 heteroatoms. The minimum Gasteiger partial charge on any atom is -0.379 e. The van der Waals surface area contributed by atoms with Gasteiger partial charge in [0.25, 0.3) is 0 Å². The maximum atomic E-state index is 6.18. The first-order valence-corrected chi connectivity index (χ1v) is 7.39. The number of hydrogen-bond acceptors (Lipinski definition) is 4. The fraction of sp³-hybridized carbons (Fsp3) is 0.714. The Hall–Kier alpha value is -1.56. The lowest BCUT2D eigenvalue weighted by atomic mass is 10.2. The molecule has 20 heavy (non-hydrogen) atoms. The molecule has 2 N–H and O–H groups in total. The van der Waals surface area contributed by atoms with Crippen LogP contribution >= 0.6 is 0 Å². The lowest BCUT2D eigenvalue weighted by Gasteiger charge is -2.21. The van der Waals surface area contributed by atoms with Crippen LogP contribution in [0.25, 0.3) is 11.2 Å². The molecule has 0 amide bonds. The predicted octanol–water partition coefficient (Wildman–Crippen LogP) is 2.04. The highest BCUT2D eigenvalue weighted by Gasteiger charge is 2.32. The molecule has 2 heterocycles. The zero-order chi connectivity index (χ0) is 14.3. The number of hydrogen-bond donors (Lipinski definition) is 1. The largest absolute Gasteiger partial charge is 0.379 e. The van der Waals surface area contributed by atoms with Gasteiger partial charge in [-0.05, 0) is 25.7 Å². The van der Waals surface area contributed by atoms with E-state index < -0.39 is 0 Å². The SMILES string of the molecule is CCCc1nn(C)c2c1nc(N)n2C1CCCC1OC. The van der Waals surface area contributed by atoms with Gasteiger partial charge in [0.15, 0.2) is 5.65 Å².